The smallest absolute Gasteiger partial charge is 0.334 e. The number of hydrogen-bond donors (Lipinski definition) is 4. The van der Waals surface area contributed by atoms with Crippen LogP contribution in [0.15, 0.2) is 36.4 Å². The van der Waals surface area contributed by atoms with Crippen molar-refractivity contribution in [3.8, 4) is 0 Å². The largest absolute Gasteiger partial charge is 0.358 e. The number of nitrogens with one attached hydrogen (secondary N) is 2. The summed E-state index contributed by atoms with van der Waals surface area (Å²) in [5.74, 6) is -0.781. The van der Waals surface area contributed by atoms with E-state index in [-0.39, 0.29) is 16.6 Å². The van der Waals surface area contributed by atoms with Crippen LogP contribution in [0, 0.1) is 0 Å². The minimum Gasteiger partial charge on any atom is -0.334 e. The molecule has 1 rings (SSSR count). The van der Waals surface area contributed by atoms with Crippen molar-refractivity contribution in [2.45, 2.75) is 6.92 Å². The molecule has 9 heteroatoms. The molecular weight excluding hydrogens is 287 g/mol. The Morgan fingerprint density at radius 3 is 2.25 bits per heavy atom. The quantitative estimate of drug-likeness (QED) is 0.369. The topological polar surface area (TPSA) is 125 Å². The lowest BCUT2D eigenvalue weighted by atomic mass is 10.3. The fourth-order valence-electron chi connectivity index (χ4n) is 1.08. The lowest BCUT2D eigenvalue weighted by Crippen LogP contribution is -2.31. The van der Waals surface area contributed by atoms with Crippen LogP contribution >= 0.6 is 7.60 Å². The van der Waals surface area contributed by atoms with Crippen LogP contribution in [-0.2, 0) is 14.2 Å². The minimum atomic E-state index is -4.32. The zero-order valence-electron chi connectivity index (χ0n) is 10.5. The Labute approximate surface area is 114 Å². The normalized spacial score (nSPS) is 10.6. The van der Waals surface area contributed by atoms with Gasteiger partial charge in [0.2, 0.25) is 0 Å². The SMILES string of the molecule is C=C(C)C(=O)ONC(=O)Nc1ccc(P(=O)(O)O)cc1. The molecule has 0 heterocycles. The molecule has 0 saturated heterocycles. The Bertz CT molecular complexity index is 577. The van der Waals surface area contributed by atoms with Crippen molar-refractivity contribution < 1.29 is 28.8 Å². The maximum absolute atomic E-state index is 11.3. The van der Waals surface area contributed by atoms with Gasteiger partial charge < -0.3 is 19.9 Å². The summed E-state index contributed by atoms with van der Waals surface area (Å²) < 4.78 is 10.9. The van der Waals surface area contributed by atoms with E-state index in [1.807, 2.05) is 5.48 Å². The third-order valence-electron chi connectivity index (χ3n) is 2.05. The van der Waals surface area contributed by atoms with Crippen LogP contribution in [-0.4, -0.2) is 21.8 Å². The molecule has 4 N–H and O–H groups in total. The number of urea groups is 1. The van der Waals surface area contributed by atoms with Gasteiger partial charge in [0.05, 0.1) is 5.30 Å². The first-order valence-corrected chi connectivity index (χ1v) is 6.91. The van der Waals surface area contributed by atoms with Gasteiger partial charge in [-0.15, -0.1) is 0 Å². The third-order valence-corrected chi connectivity index (χ3v) is 3.02. The van der Waals surface area contributed by atoms with Crippen molar-refractivity contribution in [2.24, 2.45) is 0 Å². The fraction of sp³-hybridized carbons (Fsp3) is 0.0909. The molecule has 8 nitrogen and oxygen atoms in total. The molecule has 0 spiro atoms. The second-order valence-corrected chi connectivity index (χ2v) is 5.42. The molecule has 0 bridgehead atoms. The van der Waals surface area contributed by atoms with E-state index in [2.05, 4.69) is 16.7 Å². The van der Waals surface area contributed by atoms with Gasteiger partial charge in [-0.05, 0) is 31.2 Å². The van der Waals surface area contributed by atoms with E-state index in [1.54, 1.807) is 0 Å². The summed E-state index contributed by atoms with van der Waals surface area (Å²) in [5.41, 5.74) is 2.23. The average molecular weight is 300 g/mol. The van der Waals surface area contributed by atoms with Crippen LogP contribution in [0.5, 0.6) is 0 Å². The number of rotatable bonds is 3. The highest BCUT2D eigenvalue weighted by atomic mass is 31.2. The monoisotopic (exact) mass is 300 g/mol. The minimum absolute atomic E-state index is 0.122. The first kappa shape index (κ1) is 15.9. The highest BCUT2D eigenvalue weighted by Crippen LogP contribution is 2.33. The number of hydroxylamine groups is 1. The van der Waals surface area contributed by atoms with E-state index in [4.69, 9.17) is 9.79 Å². The van der Waals surface area contributed by atoms with Crippen molar-refractivity contribution >= 4 is 30.6 Å². The molecule has 0 aliphatic carbocycles. The molecule has 2 amide bonds. The van der Waals surface area contributed by atoms with Crippen molar-refractivity contribution in [1.82, 2.24) is 5.48 Å². The lowest BCUT2D eigenvalue weighted by Gasteiger charge is -2.08. The molecule has 1 aromatic carbocycles. The first-order valence-electron chi connectivity index (χ1n) is 5.30. The van der Waals surface area contributed by atoms with E-state index in [1.165, 1.54) is 31.2 Å². The standard InChI is InChI=1S/C11H13N2O6P/c1-7(2)10(14)19-13-11(15)12-8-3-5-9(6-4-8)20(16,17)18/h3-6H,1H2,2H3,(H2,12,13,15)(H2,16,17,18). The predicted octanol–water partition coefficient (Wildman–Crippen LogP) is 0.645. The number of carbonyl (C=O) groups is 2. The predicted molar refractivity (Wildman–Crippen MR) is 71.2 cm³/mol. The molecule has 0 unspecified atom stereocenters. The molecule has 0 atom stereocenters. The summed E-state index contributed by atoms with van der Waals surface area (Å²) in [5, 5.41) is 2.14. The number of amides is 2. The van der Waals surface area contributed by atoms with Gasteiger partial charge in [-0.2, -0.15) is 5.48 Å². The van der Waals surface area contributed by atoms with Gasteiger partial charge in [-0.25, -0.2) is 9.59 Å². The molecule has 108 valence electrons. The molecule has 0 saturated carbocycles. The van der Waals surface area contributed by atoms with Gasteiger partial charge >= 0.3 is 19.6 Å². The van der Waals surface area contributed by atoms with Crippen LogP contribution in [0.4, 0.5) is 10.5 Å². The van der Waals surface area contributed by atoms with Gasteiger partial charge in [0, 0.05) is 11.3 Å². The number of carbonyl (C=O) groups excluding carboxylic acids is 2. The zero-order valence-corrected chi connectivity index (χ0v) is 11.4. The summed E-state index contributed by atoms with van der Waals surface area (Å²) >= 11 is 0. The Balaban J connectivity index is 2.57. The summed E-state index contributed by atoms with van der Waals surface area (Å²) in [6.07, 6.45) is 0. The van der Waals surface area contributed by atoms with Gasteiger partial charge in [0.25, 0.3) is 0 Å². The van der Waals surface area contributed by atoms with E-state index in [9.17, 15) is 14.2 Å². The van der Waals surface area contributed by atoms with Crippen molar-refractivity contribution in [2.75, 3.05) is 5.32 Å². The second kappa shape index (κ2) is 6.33. The highest BCUT2D eigenvalue weighted by Gasteiger charge is 2.16. The summed E-state index contributed by atoms with van der Waals surface area (Å²) in [4.78, 5) is 44.5. The molecule has 0 aliphatic rings. The summed E-state index contributed by atoms with van der Waals surface area (Å²) in [6, 6.07) is 4.14. The van der Waals surface area contributed by atoms with Gasteiger partial charge in [0.1, 0.15) is 0 Å². The van der Waals surface area contributed by atoms with E-state index in [0.29, 0.717) is 0 Å². The summed E-state index contributed by atoms with van der Waals surface area (Å²) in [7, 11) is -4.32. The van der Waals surface area contributed by atoms with Gasteiger partial charge in [0.15, 0.2) is 0 Å². The molecular formula is C11H13N2O6P. The van der Waals surface area contributed by atoms with Crippen LogP contribution < -0.4 is 16.1 Å². The van der Waals surface area contributed by atoms with Crippen LogP contribution in [0.25, 0.3) is 0 Å². The van der Waals surface area contributed by atoms with Crippen molar-refractivity contribution in [3.05, 3.63) is 36.4 Å². The third kappa shape index (κ3) is 4.85. The number of hydrogen-bond acceptors (Lipinski definition) is 4. The maximum atomic E-state index is 11.3. The van der Waals surface area contributed by atoms with E-state index in [0.717, 1.165) is 0 Å². The highest BCUT2D eigenvalue weighted by molar-refractivity contribution is 7.60. The Hall–Kier alpha value is -2.15. The van der Waals surface area contributed by atoms with Crippen LogP contribution in [0.3, 0.4) is 0 Å². The Morgan fingerprint density at radius 2 is 1.80 bits per heavy atom. The molecule has 0 fully saturated rings. The first-order chi connectivity index (χ1) is 9.20. The Kier molecular flexibility index (Phi) is 5.04. The second-order valence-electron chi connectivity index (χ2n) is 3.82. The molecule has 0 aromatic heterocycles. The van der Waals surface area contributed by atoms with Crippen molar-refractivity contribution in [1.29, 1.82) is 0 Å². The van der Waals surface area contributed by atoms with E-state index < -0.39 is 19.6 Å². The molecule has 0 radical (unpaired) electrons. The lowest BCUT2D eigenvalue weighted by molar-refractivity contribution is -0.143. The molecule has 20 heavy (non-hydrogen) atoms. The van der Waals surface area contributed by atoms with Crippen LogP contribution in [0.2, 0.25) is 0 Å². The fourth-order valence-corrected chi connectivity index (χ4v) is 1.61. The maximum Gasteiger partial charge on any atom is 0.358 e. The number of anilines is 1. The van der Waals surface area contributed by atoms with E-state index >= 15 is 0 Å². The molecule has 1 aromatic rings. The number of benzene rings is 1. The average Bonchev–Trinajstić information content (AvgIpc) is 2.35. The van der Waals surface area contributed by atoms with Gasteiger partial charge in [-0.1, -0.05) is 6.58 Å². The summed E-state index contributed by atoms with van der Waals surface area (Å²) in [6.45, 7) is 4.75. The molecule has 0 aliphatic heterocycles. The Morgan fingerprint density at radius 1 is 1.25 bits per heavy atom. The van der Waals surface area contributed by atoms with Gasteiger partial charge in [-0.3, -0.25) is 4.57 Å². The van der Waals surface area contributed by atoms with Crippen molar-refractivity contribution in [3.63, 3.8) is 0 Å². The van der Waals surface area contributed by atoms with Crippen LogP contribution in [0.1, 0.15) is 6.92 Å². The zero-order chi connectivity index (χ0) is 15.3.